The second kappa shape index (κ2) is 7.64. The summed E-state index contributed by atoms with van der Waals surface area (Å²) in [5.41, 5.74) is 7.40. The predicted molar refractivity (Wildman–Crippen MR) is 111 cm³/mol. The molecule has 2 amide bonds. The van der Waals surface area contributed by atoms with E-state index in [0.29, 0.717) is 11.5 Å². The van der Waals surface area contributed by atoms with E-state index in [0.717, 1.165) is 33.5 Å². The maximum Gasteiger partial charge on any atom is 0.416 e. The van der Waals surface area contributed by atoms with Gasteiger partial charge in [0, 0.05) is 22.3 Å². The van der Waals surface area contributed by atoms with Gasteiger partial charge in [0.1, 0.15) is 17.0 Å². The molecule has 6 nitrogen and oxygen atoms in total. The van der Waals surface area contributed by atoms with Gasteiger partial charge in [-0.1, -0.05) is 18.2 Å². The number of rotatable bonds is 3. The number of aromatic nitrogens is 2. The number of hydrogen-bond acceptors (Lipinski definition) is 5. The second-order valence-electron chi connectivity index (χ2n) is 6.32. The standard InChI is InChI=1S/C20H14F3N5OS/c21-20(22,23)12-2-1-3-14(8-12)28-19(29)27-13-6-4-11(5-7-13)15-9-30-18-16(15)17(24)25-10-26-18/h1-10H,(H2,24,25,26)(H2,27,28,29). The van der Waals surface area contributed by atoms with E-state index < -0.39 is 17.8 Å². The monoisotopic (exact) mass is 429 g/mol. The molecule has 2 aromatic heterocycles. The molecule has 0 fully saturated rings. The van der Waals surface area contributed by atoms with Crippen LogP contribution in [0.25, 0.3) is 21.3 Å². The minimum Gasteiger partial charge on any atom is -0.383 e. The Morgan fingerprint density at radius 3 is 2.47 bits per heavy atom. The van der Waals surface area contributed by atoms with Crippen LogP contribution in [0.3, 0.4) is 0 Å². The number of fused-ring (bicyclic) bond motifs is 1. The Kier molecular flexibility index (Phi) is 5.00. The van der Waals surface area contributed by atoms with E-state index in [2.05, 4.69) is 20.6 Å². The highest BCUT2D eigenvalue weighted by Gasteiger charge is 2.30. The van der Waals surface area contributed by atoms with Crippen LogP contribution in [0.1, 0.15) is 5.56 Å². The third-order valence-corrected chi connectivity index (χ3v) is 5.19. The van der Waals surface area contributed by atoms with E-state index >= 15 is 0 Å². The van der Waals surface area contributed by atoms with E-state index in [-0.39, 0.29) is 5.69 Å². The van der Waals surface area contributed by atoms with Crippen LogP contribution in [-0.4, -0.2) is 16.0 Å². The number of nitrogens with zero attached hydrogens (tertiary/aromatic N) is 2. The van der Waals surface area contributed by atoms with Gasteiger partial charge in [0.2, 0.25) is 0 Å². The molecule has 4 N–H and O–H groups in total. The number of urea groups is 1. The first-order valence-electron chi connectivity index (χ1n) is 8.64. The number of nitrogens with two attached hydrogens (primary N) is 1. The Morgan fingerprint density at radius 2 is 1.73 bits per heavy atom. The molecule has 4 aromatic rings. The fourth-order valence-electron chi connectivity index (χ4n) is 2.91. The van der Waals surface area contributed by atoms with Crippen molar-refractivity contribution in [3.05, 3.63) is 65.8 Å². The first-order chi connectivity index (χ1) is 14.3. The summed E-state index contributed by atoms with van der Waals surface area (Å²) in [6.45, 7) is 0. The number of alkyl halides is 3. The summed E-state index contributed by atoms with van der Waals surface area (Å²) < 4.78 is 38.4. The van der Waals surface area contributed by atoms with E-state index in [4.69, 9.17) is 5.73 Å². The summed E-state index contributed by atoms with van der Waals surface area (Å²) in [6, 6.07) is 10.7. The number of hydrogen-bond donors (Lipinski definition) is 3. The quantitative estimate of drug-likeness (QED) is 0.395. The van der Waals surface area contributed by atoms with Crippen molar-refractivity contribution in [3.8, 4) is 11.1 Å². The molecule has 10 heteroatoms. The smallest absolute Gasteiger partial charge is 0.383 e. The SMILES string of the molecule is Nc1ncnc2scc(-c3ccc(NC(=O)Nc4cccc(C(F)(F)F)c4)cc3)c12. The zero-order valence-electron chi connectivity index (χ0n) is 15.2. The molecule has 152 valence electrons. The lowest BCUT2D eigenvalue weighted by Crippen LogP contribution is -2.19. The maximum absolute atomic E-state index is 12.8. The second-order valence-corrected chi connectivity index (χ2v) is 7.18. The minimum absolute atomic E-state index is 0.0409. The molecule has 0 radical (unpaired) electrons. The lowest BCUT2D eigenvalue weighted by Gasteiger charge is -2.11. The lowest BCUT2D eigenvalue weighted by molar-refractivity contribution is -0.137. The van der Waals surface area contributed by atoms with Crippen LogP contribution in [0, 0.1) is 0 Å². The van der Waals surface area contributed by atoms with Gasteiger partial charge in [-0.3, -0.25) is 0 Å². The van der Waals surface area contributed by atoms with Crippen molar-refractivity contribution in [2.24, 2.45) is 0 Å². The average Bonchev–Trinajstić information content (AvgIpc) is 3.14. The van der Waals surface area contributed by atoms with Crippen LogP contribution in [-0.2, 0) is 6.18 Å². The number of carbonyl (C=O) groups is 1. The Hall–Kier alpha value is -3.66. The fraction of sp³-hybridized carbons (Fsp3) is 0.0500. The number of anilines is 3. The van der Waals surface area contributed by atoms with E-state index in [9.17, 15) is 18.0 Å². The molecular weight excluding hydrogens is 415 g/mol. The van der Waals surface area contributed by atoms with Crippen molar-refractivity contribution in [2.75, 3.05) is 16.4 Å². The number of nitrogens with one attached hydrogen (secondary N) is 2. The molecule has 30 heavy (non-hydrogen) atoms. The summed E-state index contributed by atoms with van der Waals surface area (Å²) in [4.78, 5) is 21.1. The fourth-order valence-corrected chi connectivity index (χ4v) is 3.83. The molecule has 0 aliphatic carbocycles. The van der Waals surface area contributed by atoms with E-state index in [1.807, 2.05) is 5.38 Å². The van der Waals surface area contributed by atoms with E-state index in [1.165, 1.54) is 29.8 Å². The summed E-state index contributed by atoms with van der Waals surface area (Å²) >= 11 is 1.45. The van der Waals surface area contributed by atoms with Crippen molar-refractivity contribution < 1.29 is 18.0 Å². The molecule has 4 rings (SSSR count). The van der Waals surface area contributed by atoms with Crippen molar-refractivity contribution in [2.45, 2.75) is 6.18 Å². The zero-order valence-corrected chi connectivity index (χ0v) is 16.0. The van der Waals surface area contributed by atoms with Gasteiger partial charge >= 0.3 is 12.2 Å². The van der Waals surface area contributed by atoms with Gasteiger partial charge in [0.05, 0.1) is 10.9 Å². The number of benzene rings is 2. The van der Waals surface area contributed by atoms with Crippen LogP contribution in [0.2, 0.25) is 0 Å². The Balaban J connectivity index is 1.48. The number of thiophene rings is 1. The van der Waals surface area contributed by atoms with Gasteiger partial charge in [-0.15, -0.1) is 11.3 Å². The highest BCUT2D eigenvalue weighted by atomic mass is 32.1. The number of halogens is 3. The molecule has 2 aromatic carbocycles. The predicted octanol–water partition coefficient (Wildman–Crippen LogP) is 5.60. The first-order valence-corrected chi connectivity index (χ1v) is 9.52. The lowest BCUT2D eigenvalue weighted by atomic mass is 10.1. The van der Waals surface area contributed by atoms with Crippen molar-refractivity contribution in [3.63, 3.8) is 0 Å². The normalized spacial score (nSPS) is 11.4. The van der Waals surface area contributed by atoms with Gasteiger partial charge in [-0.25, -0.2) is 14.8 Å². The average molecular weight is 429 g/mol. The van der Waals surface area contributed by atoms with Gasteiger partial charge in [-0.2, -0.15) is 13.2 Å². The van der Waals surface area contributed by atoms with Crippen LogP contribution >= 0.6 is 11.3 Å². The number of nitrogen functional groups attached to an aromatic ring is 1. The number of carbonyl (C=O) groups excluding carboxylic acids is 1. The summed E-state index contributed by atoms with van der Waals surface area (Å²) in [5.74, 6) is 0.388. The molecule has 0 aliphatic heterocycles. The first kappa shape index (κ1) is 19.6. The van der Waals surface area contributed by atoms with Crippen molar-refractivity contribution >= 4 is 44.8 Å². The Morgan fingerprint density at radius 1 is 1.00 bits per heavy atom. The third kappa shape index (κ3) is 4.03. The Bertz CT molecular complexity index is 1220. The van der Waals surface area contributed by atoms with Gasteiger partial charge < -0.3 is 16.4 Å². The molecule has 0 saturated heterocycles. The molecule has 2 heterocycles. The minimum atomic E-state index is -4.48. The Labute approximate surface area is 172 Å². The van der Waals surface area contributed by atoms with Crippen LogP contribution in [0.4, 0.5) is 35.2 Å². The maximum atomic E-state index is 12.8. The number of amides is 2. The van der Waals surface area contributed by atoms with Crippen molar-refractivity contribution in [1.82, 2.24) is 9.97 Å². The largest absolute Gasteiger partial charge is 0.416 e. The van der Waals surface area contributed by atoms with Crippen molar-refractivity contribution in [1.29, 1.82) is 0 Å². The van der Waals surface area contributed by atoms with E-state index in [1.54, 1.807) is 24.3 Å². The van der Waals surface area contributed by atoms with Crippen LogP contribution in [0.5, 0.6) is 0 Å². The topological polar surface area (TPSA) is 92.9 Å². The van der Waals surface area contributed by atoms with Gasteiger partial charge in [-0.05, 0) is 35.9 Å². The molecule has 0 spiro atoms. The summed E-state index contributed by atoms with van der Waals surface area (Å²) in [7, 11) is 0. The summed E-state index contributed by atoms with van der Waals surface area (Å²) in [6.07, 6.45) is -3.07. The third-order valence-electron chi connectivity index (χ3n) is 4.30. The molecule has 0 saturated carbocycles. The molecule has 0 unspecified atom stereocenters. The molecule has 0 atom stereocenters. The molecule has 0 bridgehead atoms. The molecular formula is C20H14F3N5OS. The van der Waals surface area contributed by atoms with Gasteiger partial charge in [0.25, 0.3) is 0 Å². The van der Waals surface area contributed by atoms with Crippen LogP contribution < -0.4 is 16.4 Å². The highest BCUT2D eigenvalue weighted by Crippen LogP contribution is 2.35. The zero-order chi connectivity index (χ0) is 21.3. The highest BCUT2D eigenvalue weighted by molar-refractivity contribution is 7.17. The van der Waals surface area contributed by atoms with Crippen LogP contribution in [0.15, 0.2) is 60.2 Å². The van der Waals surface area contributed by atoms with Gasteiger partial charge in [0.15, 0.2) is 0 Å². The molecule has 0 aliphatic rings. The summed E-state index contributed by atoms with van der Waals surface area (Å²) in [5, 5.41) is 7.68.